The van der Waals surface area contributed by atoms with Gasteiger partial charge in [0.15, 0.2) is 5.96 Å². The molecule has 0 saturated carbocycles. The lowest BCUT2D eigenvalue weighted by Crippen LogP contribution is -2.42. The van der Waals surface area contributed by atoms with Gasteiger partial charge in [-0.15, -0.1) is 24.0 Å². The van der Waals surface area contributed by atoms with E-state index in [0.717, 1.165) is 31.2 Å². The number of likely N-dealkylation sites (N-methyl/N-ethyl adjacent to an activating group) is 1. The average Bonchev–Trinajstić information content (AvgIpc) is 2.87. The minimum absolute atomic E-state index is 0. The average molecular weight is 524 g/mol. The molecule has 2 N–H and O–H groups in total. The molecule has 1 saturated heterocycles. The van der Waals surface area contributed by atoms with Gasteiger partial charge in [-0.05, 0) is 70.7 Å². The molecule has 1 aromatic carbocycles. The molecule has 1 aliphatic heterocycles. The monoisotopic (exact) mass is 523 g/mol. The quantitative estimate of drug-likeness (QED) is 0.238. The molecule has 1 aromatic rings. The van der Waals surface area contributed by atoms with Crippen LogP contribution in [0.1, 0.15) is 19.8 Å². The van der Waals surface area contributed by atoms with Crippen LogP contribution in [0.2, 0.25) is 5.02 Å². The Hall–Kier alpha value is -0.770. The maximum Gasteiger partial charge on any atom is 0.191 e. The van der Waals surface area contributed by atoms with E-state index >= 15 is 0 Å². The zero-order valence-corrected chi connectivity index (χ0v) is 20.4. The SMILES string of the molecule is CN=C(NCCCN1CCCN(C)CC1)NCC(C)Oc1ccc(Cl)cc1.I. The molecule has 0 amide bonds. The van der Waals surface area contributed by atoms with Crippen molar-refractivity contribution in [3.8, 4) is 5.75 Å². The van der Waals surface area contributed by atoms with Gasteiger partial charge >= 0.3 is 0 Å². The predicted molar refractivity (Wildman–Crippen MR) is 129 cm³/mol. The molecule has 160 valence electrons. The smallest absolute Gasteiger partial charge is 0.191 e. The summed E-state index contributed by atoms with van der Waals surface area (Å²) in [5.74, 6) is 1.64. The van der Waals surface area contributed by atoms with E-state index in [4.69, 9.17) is 16.3 Å². The van der Waals surface area contributed by atoms with E-state index in [1.807, 2.05) is 31.2 Å². The van der Waals surface area contributed by atoms with E-state index in [1.54, 1.807) is 7.05 Å². The molecule has 28 heavy (non-hydrogen) atoms. The van der Waals surface area contributed by atoms with Gasteiger partial charge in [-0.1, -0.05) is 11.6 Å². The lowest BCUT2D eigenvalue weighted by atomic mass is 10.3. The van der Waals surface area contributed by atoms with Crippen LogP contribution in [0.25, 0.3) is 0 Å². The maximum absolute atomic E-state index is 5.90. The first-order valence-electron chi connectivity index (χ1n) is 9.84. The van der Waals surface area contributed by atoms with Crippen molar-refractivity contribution in [3.63, 3.8) is 0 Å². The van der Waals surface area contributed by atoms with Crippen molar-refractivity contribution in [2.75, 3.05) is 59.9 Å². The molecule has 0 spiro atoms. The topological polar surface area (TPSA) is 52.1 Å². The molecule has 0 bridgehead atoms. The Morgan fingerprint density at radius 3 is 2.64 bits per heavy atom. The number of hydrogen-bond acceptors (Lipinski definition) is 4. The van der Waals surface area contributed by atoms with E-state index in [1.165, 1.54) is 32.6 Å². The van der Waals surface area contributed by atoms with Crippen molar-refractivity contribution >= 4 is 41.5 Å². The molecule has 6 nitrogen and oxygen atoms in total. The summed E-state index contributed by atoms with van der Waals surface area (Å²) in [5, 5.41) is 7.42. The Labute approximate surface area is 192 Å². The molecule has 1 heterocycles. The van der Waals surface area contributed by atoms with Crippen molar-refractivity contribution in [3.05, 3.63) is 29.3 Å². The molecule has 1 aliphatic rings. The number of aliphatic imine (C=N–C) groups is 1. The number of ether oxygens (including phenoxy) is 1. The van der Waals surface area contributed by atoms with Gasteiger partial charge in [-0.3, -0.25) is 4.99 Å². The van der Waals surface area contributed by atoms with Crippen molar-refractivity contribution in [1.29, 1.82) is 0 Å². The van der Waals surface area contributed by atoms with E-state index in [9.17, 15) is 0 Å². The van der Waals surface area contributed by atoms with Crippen molar-refractivity contribution in [1.82, 2.24) is 20.4 Å². The van der Waals surface area contributed by atoms with Crippen molar-refractivity contribution < 1.29 is 4.74 Å². The van der Waals surface area contributed by atoms with Gasteiger partial charge < -0.3 is 25.2 Å². The van der Waals surface area contributed by atoms with E-state index in [-0.39, 0.29) is 30.1 Å². The Morgan fingerprint density at radius 1 is 1.18 bits per heavy atom. The largest absolute Gasteiger partial charge is 0.489 e. The van der Waals surface area contributed by atoms with Crippen LogP contribution in [-0.4, -0.2) is 81.8 Å². The molecule has 1 fully saturated rings. The highest BCUT2D eigenvalue weighted by Gasteiger charge is 2.11. The van der Waals surface area contributed by atoms with Crippen LogP contribution < -0.4 is 15.4 Å². The lowest BCUT2D eigenvalue weighted by Gasteiger charge is -2.21. The summed E-state index contributed by atoms with van der Waals surface area (Å²) in [6.45, 7) is 9.52. The molecule has 0 aromatic heterocycles. The van der Waals surface area contributed by atoms with Gasteiger partial charge in [0.25, 0.3) is 0 Å². The Morgan fingerprint density at radius 2 is 1.93 bits per heavy atom. The number of rotatable bonds is 8. The fraction of sp³-hybridized carbons (Fsp3) is 0.650. The first kappa shape index (κ1) is 25.3. The molecule has 1 unspecified atom stereocenters. The minimum atomic E-state index is 0. The molecule has 2 rings (SSSR count). The Balaban J connectivity index is 0.00000392. The summed E-state index contributed by atoms with van der Waals surface area (Å²) in [6.07, 6.45) is 2.40. The number of nitrogens with zero attached hydrogens (tertiary/aromatic N) is 3. The standard InChI is InChI=1S/C20H34ClN5O.HI/c1-17(27-19-8-6-18(21)7-9-19)16-24-20(22-2)23-10-4-12-26-13-5-11-25(3)14-15-26;/h6-9,17H,4-5,10-16H2,1-3H3,(H2,22,23,24);1H. The maximum atomic E-state index is 5.90. The van der Waals surface area contributed by atoms with Gasteiger partial charge in [0, 0.05) is 31.7 Å². The highest BCUT2D eigenvalue weighted by Crippen LogP contribution is 2.16. The number of nitrogens with one attached hydrogen (secondary N) is 2. The highest BCUT2D eigenvalue weighted by atomic mass is 127. The van der Waals surface area contributed by atoms with Crippen LogP contribution in [0.5, 0.6) is 5.75 Å². The Bertz CT molecular complexity index is 572. The molecular formula is C20H35ClIN5O. The van der Waals surface area contributed by atoms with E-state index < -0.39 is 0 Å². The van der Waals surface area contributed by atoms with Gasteiger partial charge in [-0.25, -0.2) is 0 Å². The van der Waals surface area contributed by atoms with Crippen LogP contribution in [0.3, 0.4) is 0 Å². The number of guanidine groups is 1. The molecule has 0 aliphatic carbocycles. The Kier molecular flexibility index (Phi) is 12.9. The van der Waals surface area contributed by atoms with Crippen LogP contribution in [0, 0.1) is 0 Å². The van der Waals surface area contributed by atoms with Crippen LogP contribution in [0.4, 0.5) is 0 Å². The molecule has 0 radical (unpaired) electrons. The van der Waals surface area contributed by atoms with E-state index in [0.29, 0.717) is 11.6 Å². The third-order valence-corrected chi connectivity index (χ3v) is 4.94. The summed E-state index contributed by atoms with van der Waals surface area (Å²) in [4.78, 5) is 9.26. The third-order valence-electron chi connectivity index (χ3n) is 4.69. The second-order valence-corrected chi connectivity index (χ2v) is 7.55. The zero-order valence-electron chi connectivity index (χ0n) is 17.3. The predicted octanol–water partition coefficient (Wildman–Crippen LogP) is 2.92. The molecule has 8 heteroatoms. The molecular weight excluding hydrogens is 489 g/mol. The van der Waals surface area contributed by atoms with Crippen LogP contribution in [-0.2, 0) is 0 Å². The highest BCUT2D eigenvalue weighted by molar-refractivity contribution is 14.0. The van der Waals surface area contributed by atoms with Gasteiger partial charge in [0.2, 0.25) is 0 Å². The second-order valence-electron chi connectivity index (χ2n) is 7.11. The van der Waals surface area contributed by atoms with Crippen molar-refractivity contribution in [2.45, 2.75) is 25.9 Å². The summed E-state index contributed by atoms with van der Waals surface area (Å²) in [5.41, 5.74) is 0. The lowest BCUT2D eigenvalue weighted by molar-refractivity contribution is 0.224. The number of hydrogen-bond donors (Lipinski definition) is 2. The minimum Gasteiger partial charge on any atom is -0.489 e. The van der Waals surface area contributed by atoms with Gasteiger partial charge in [0.1, 0.15) is 11.9 Å². The van der Waals surface area contributed by atoms with Gasteiger partial charge in [0.05, 0.1) is 6.54 Å². The first-order chi connectivity index (χ1) is 13.1. The first-order valence-corrected chi connectivity index (χ1v) is 10.2. The van der Waals surface area contributed by atoms with Crippen LogP contribution in [0.15, 0.2) is 29.3 Å². The number of benzene rings is 1. The van der Waals surface area contributed by atoms with Crippen LogP contribution >= 0.6 is 35.6 Å². The molecule has 1 atom stereocenters. The fourth-order valence-electron chi connectivity index (χ4n) is 3.08. The normalized spacial score (nSPS) is 17.4. The fourth-order valence-corrected chi connectivity index (χ4v) is 3.21. The summed E-state index contributed by atoms with van der Waals surface area (Å²) in [6, 6.07) is 7.43. The summed E-state index contributed by atoms with van der Waals surface area (Å²) >= 11 is 5.90. The van der Waals surface area contributed by atoms with Gasteiger partial charge in [-0.2, -0.15) is 0 Å². The van der Waals surface area contributed by atoms with Crippen molar-refractivity contribution in [2.24, 2.45) is 4.99 Å². The number of halogens is 2. The summed E-state index contributed by atoms with van der Waals surface area (Å²) < 4.78 is 5.88. The van der Waals surface area contributed by atoms with E-state index in [2.05, 4.69) is 32.5 Å². The zero-order chi connectivity index (χ0) is 19.5. The third kappa shape index (κ3) is 10.1. The second kappa shape index (κ2) is 14.3. The summed E-state index contributed by atoms with van der Waals surface area (Å²) in [7, 11) is 4.00.